The number of rotatable bonds is 12. The number of hydrogen-bond donors (Lipinski definition) is 0. The van der Waals surface area contributed by atoms with E-state index < -0.39 is 0 Å². The molecule has 0 amide bonds. The molecule has 0 bridgehead atoms. The number of benzene rings is 4. The van der Waals surface area contributed by atoms with E-state index in [-0.39, 0.29) is 0 Å². The van der Waals surface area contributed by atoms with E-state index in [4.69, 9.17) is 59.8 Å². The normalized spacial score (nSPS) is 11.8. The molecule has 16 rings (SSSR count). The minimum atomic E-state index is 0.675. The lowest BCUT2D eigenvalue weighted by Crippen LogP contribution is -2.21. The van der Waals surface area contributed by atoms with Crippen molar-refractivity contribution < 1.29 is 0 Å². The van der Waals surface area contributed by atoms with Crippen LogP contribution in [0.25, 0.3) is 76.5 Å². The van der Waals surface area contributed by atoms with Crippen LogP contribution in [0.3, 0.4) is 0 Å². The van der Waals surface area contributed by atoms with E-state index >= 15 is 0 Å². The Bertz CT molecular complexity index is 5310. The molecule has 0 aliphatic heterocycles. The second kappa shape index (κ2) is 23.9. The van der Waals surface area contributed by atoms with Crippen LogP contribution in [-0.4, -0.2) is 59.8 Å². The molecule has 16 heteroatoms. The Labute approximate surface area is 580 Å². The molecule has 0 atom stereocenters. The van der Waals surface area contributed by atoms with Gasteiger partial charge in [0.25, 0.3) is 0 Å². The van der Waals surface area contributed by atoms with Crippen LogP contribution in [-0.2, 0) is 0 Å². The Morgan fingerprint density at radius 3 is 0.640 bits per heavy atom. The van der Waals surface area contributed by atoms with Crippen LogP contribution in [0.4, 0.5) is 68.2 Å². The molecule has 0 fully saturated rings. The number of hydrogen-bond acceptors (Lipinski definition) is 16. The third-order valence-corrected chi connectivity index (χ3v) is 20.4. The minimum absolute atomic E-state index is 0.675. The van der Waals surface area contributed by atoms with Crippen LogP contribution in [0.5, 0.6) is 0 Å². The van der Waals surface area contributed by atoms with Gasteiger partial charge >= 0.3 is 0 Å². The Morgan fingerprint density at radius 1 is 0.210 bits per heavy atom. The third-order valence-electron chi connectivity index (χ3n) is 20.4. The highest BCUT2D eigenvalue weighted by Gasteiger charge is 2.36. The number of anilines is 12. The number of nitrogens with zero attached hydrogens (tertiary/aromatic N) is 16. The maximum Gasteiger partial charge on any atom is 0.159 e. The lowest BCUT2D eigenvalue weighted by molar-refractivity contribution is 1.08. The van der Waals surface area contributed by atoms with Gasteiger partial charge in [0, 0.05) is 103 Å². The summed E-state index contributed by atoms with van der Waals surface area (Å²) in [4.78, 5) is 71.3. The van der Waals surface area contributed by atoms with Gasteiger partial charge in [0.15, 0.2) is 22.6 Å². The molecule has 0 N–H and O–H groups in total. The maximum atomic E-state index is 5.38. The summed E-state index contributed by atoms with van der Waals surface area (Å²) in [5, 5.41) is 9.75. The van der Waals surface area contributed by atoms with Gasteiger partial charge in [-0.05, 0) is 240 Å². The fourth-order valence-electron chi connectivity index (χ4n) is 16.0. The quantitative estimate of drug-likeness (QED) is 0.106. The SMILES string of the molecule is Cc1ccnc(C)c1N(c1c(C)nc2ncccc2c1C)c1cc(N(c2c(C)ccnc2C)c2c(C)nc3ncccc3c2C)c2ccc3c(N(c4c(C)ccnc4C)c4c(C)nc5ncccc5c4C)cc(N(c4c(C)ccnc4C)c4c(C)nc5ncccc5c4C)c4ccc1c2c43. The van der Waals surface area contributed by atoms with Crippen LogP contribution in [0.2, 0.25) is 0 Å². The Balaban J connectivity index is 1.18. The van der Waals surface area contributed by atoms with Crippen molar-refractivity contribution in [1.82, 2.24) is 59.8 Å². The van der Waals surface area contributed by atoms with Crippen LogP contribution in [0.1, 0.15) is 90.1 Å². The summed E-state index contributed by atoms with van der Waals surface area (Å²) in [6.45, 7) is 34.4. The van der Waals surface area contributed by atoms with Gasteiger partial charge in [0.2, 0.25) is 0 Å². The Kier molecular flexibility index (Phi) is 15.0. The summed E-state index contributed by atoms with van der Waals surface area (Å²) in [7, 11) is 0. The fourth-order valence-corrected chi connectivity index (χ4v) is 16.0. The van der Waals surface area contributed by atoms with Gasteiger partial charge < -0.3 is 19.6 Å². The highest BCUT2D eigenvalue weighted by Crippen LogP contribution is 2.58. The van der Waals surface area contributed by atoms with Crippen molar-refractivity contribution in [3.8, 4) is 0 Å². The van der Waals surface area contributed by atoms with Crippen LogP contribution >= 0.6 is 0 Å². The van der Waals surface area contributed by atoms with Crippen LogP contribution in [0, 0.1) is 111 Å². The standard InChI is InChI=1S/C84H74N16/c1-43-29-37-85-51(9)73(43)97(77-47(5)59-21-17-33-89-81(59)93-55(77)13)67-41-68(98(74-44(2)30-38-86-52(74)10)78-48(6)60-22-18-34-90-82(60)94-56(78)14)64-27-28-66-70(100(76-46(4)32-40-88-54(76)12)80-50(8)62-24-20-36-92-84(62)96-58(80)16)42-69(65-26-25-63(67)71(64)72(65)66)99(75-45(3)31-39-87-53(75)11)79-49(7)61-23-19-35-91-83(61)95-57(79)15/h17-42H,1-16H3. The highest BCUT2D eigenvalue weighted by atomic mass is 15.2. The Hall–Kier alpha value is -12.0. The molecule has 0 spiro atoms. The van der Waals surface area contributed by atoms with E-state index in [9.17, 15) is 0 Å². The lowest BCUT2D eigenvalue weighted by atomic mass is 9.88. The number of aromatic nitrogens is 12. The number of aryl methyl sites for hydroxylation is 16. The van der Waals surface area contributed by atoms with E-state index in [1.54, 1.807) is 0 Å². The second-order valence-corrected chi connectivity index (χ2v) is 26.7. The molecule has 100 heavy (non-hydrogen) atoms. The minimum Gasteiger partial charge on any atom is -0.306 e. The van der Waals surface area contributed by atoms with E-state index in [1.807, 2.05) is 73.8 Å². The topological polar surface area (TPSA) is 168 Å². The third kappa shape index (κ3) is 9.62. The highest BCUT2D eigenvalue weighted by molar-refractivity contribution is 6.33. The molecule has 12 aromatic heterocycles. The molecule has 0 aliphatic rings. The van der Waals surface area contributed by atoms with Gasteiger partial charge in [-0.25, -0.2) is 39.9 Å². The number of fused-ring (bicyclic) bond motifs is 4. The molecule has 0 saturated carbocycles. The van der Waals surface area contributed by atoms with E-state index in [0.717, 1.165) is 212 Å². The molecular weight excluding hydrogens is 1230 g/mol. The molecule has 490 valence electrons. The molecule has 12 heterocycles. The van der Waals surface area contributed by atoms with E-state index in [0.29, 0.717) is 22.6 Å². The lowest BCUT2D eigenvalue weighted by Gasteiger charge is -2.37. The first kappa shape index (κ1) is 62.7. The van der Waals surface area contributed by atoms with Gasteiger partial charge in [-0.3, -0.25) is 19.9 Å². The van der Waals surface area contributed by atoms with Crippen molar-refractivity contribution in [2.75, 3.05) is 19.6 Å². The van der Waals surface area contributed by atoms with E-state index in [1.165, 1.54) is 0 Å². The van der Waals surface area contributed by atoms with E-state index in [2.05, 4.69) is 215 Å². The summed E-state index contributed by atoms with van der Waals surface area (Å²) in [5.74, 6) is 0. The summed E-state index contributed by atoms with van der Waals surface area (Å²) < 4.78 is 0. The van der Waals surface area contributed by atoms with Gasteiger partial charge in [-0.1, -0.05) is 24.3 Å². The predicted molar refractivity (Wildman–Crippen MR) is 408 cm³/mol. The van der Waals surface area contributed by atoms with Gasteiger partial charge in [-0.15, -0.1) is 0 Å². The average molecular weight is 1310 g/mol. The average Bonchev–Trinajstić information content (AvgIpc) is 0.693. The summed E-state index contributed by atoms with van der Waals surface area (Å²) in [5.41, 5.74) is 28.6. The van der Waals surface area contributed by atoms with Crippen molar-refractivity contribution in [2.24, 2.45) is 0 Å². The molecule has 0 radical (unpaired) electrons. The second-order valence-electron chi connectivity index (χ2n) is 26.7. The van der Waals surface area contributed by atoms with Crippen LogP contribution in [0.15, 0.2) is 159 Å². The maximum absolute atomic E-state index is 5.38. The molecule has 0 saturated heterocycles. The molecule has 0 aliphatic carbocycles. The first-order valence-corrected chi connectivity index (χ1v) is 33.9. The predicted octanol–water partition coefficient (Wildman–Crippen LogP) is 20.8. The zero-order valence-corrected chi connectivity index (χ0v) is 59.2. The van der Waals surface area contributed by atoms with Crippen molar-refractivity contribution in [3.63, 3.8) is 0 Å². The summed E-state index contributed by atoms with van der Waals surface area (Å²) in [6, 6.07) is 39.1. The van der Waals surface area contributed by atoms with Crippen molar-refractivity contribution in [2.45, 2.75) is 111 Å². The first-order chi connectivity index (χ1) is 48.3. The van der Waals surface area contributed by atoms with Crippen molar-refractivity contribution in [3.05, 3.63) is 249 Å². The number of pyridine rings is 12. The largest absolute Gasteiger partial charge is 0.306 e. The van der Waals surface area contributed by atoms with Crippen molar-refractivity contribution >= 4 is 145 Å². The molecule has 4 aromatic carbocycles. The molecule has 0 unspecified atom stereocenters. The Morgan fingerprint density at radius 2 is 0.430 bits per heavy atom. The molecular formula is C84H74N16. The molecule has 16 aromatic rings. The zero-order valence-electron chi connectivity index (χ0n) is 59.2. The monoisotopic (exact) mass is 1310 g/mol. The van der Waals surface area contributed by atoms with Crippen molar-refractivity contribution in [1.29, 1.82) is 0 Å². The molecule has 16 nitrogen and oxygen atoms in total. The fraction of sp³-hybridized carbons (Fsp3) is 0.190. The zero-order chi connectivity index (χ0) is 69.4. The van der Waals surface area contributed by atoms with Crippen LogP contribution < -0.4 is 19.6 Å². The smallest absolute Gasteiger partial charge is 0.159 e. The summed E-state index contributed by atoms with van der Waals surface area (Å²) in [6.07, 6.45) is 14.9. The van der Waals surface area contributed by atoms with Gasteiger partial charge in [-0.2, -0.15) is 0 Å². The van der Waals surface area contributed by atoms with Gasteiger partial charge in [0.1, 0.15) is 0 Å². The first-order valence-electron chi connectivity index (χ1n) is 33.9. The van der Waals surface area contributed by atoms with Gasteiger partial charge in [0.05, 0.1) is 114 Å². The summed E-state index contributed by atoms with van der Waals surface area (Å²) >= 11 is 0.